The van der Waals surface area contributed by atoms with Crippen molar-refractivity contribution in [3.63, 3.8) is 0 Å². The van der Waals surface area contributed by atoms with E-state index in [4.69, 9.17) is 15.5 Å². The van der Waals surface area contributed by atoms with Crippen LogP contribution in [0.25, 0.3) is 10.4 Å². The second-order valence-electron chi connectivity index (χ2n) is 13.1. The first kappa shape index (κ1) is 30.8. The van der Waals surface area contributed by atoms with Gasteiger partial charge in [-0.25, -0.2) is 4.98 Å². The van der Waals surface area contributed by atoms with Gasteiger partial charge < -0.3 is 20.7 Å². The number of methoxy groups -OCH3 is 1. The molecule has 7 nitrogen and oxygen atoms in total. The number of aryl methyl sites for hydroxylation is 1. The number of hydrogen-bond acceptors (Lipinski definition) is 6. The number of aromatic nitrogens is 1. The summed E-state index contributed by atoms with van der Waals surface area (Å²) in [4.78, 5) is 34.1. The molecule has 0 atom stereocenters. The van der Waals surface area contributed by atoms with Crippen molar-refractivity contribution in [2.75, 3.05) is 25.1 Å². The molecule has 8 heteroatoms. The summed E-state index contributed by atoms with van der Waals surface area (Å²) < 4.78 is 5.48. The smallest absolute Gasteiger partial charge is 0.233 e. The number of anilines is 1. The monoisotopic (exact) mass is 614 g/mol. The summed E-state index contributed by atoms with van der Waals surface area (Å²) in [6, 6.07) is 15.2. The Labute approximate surface area is 265 Å². The van der Waals surface area contributed by atoms with E-state index in [1.165, 1.54) is 33.9 Å². The molecule has 3 aliphatic rings. The number of benzene rings is 2. The van der Waals surface area contributed by atoms with Crippen LogP contribution in [0.2, 0.25) is 0 Å². The summed E-state index contributed by atoms with van der Waals surface area (Å²) in [7, 11) is 1.73. The van der Waals surface area contributed by atoms with Crippen LogP contribution in [0.1, 0.15) is 92.2 Å². The molecular weight excluding hydrogens is 568 g/mol. The average molecular weight is 615 g/mol. The van der Waals surface area contributed by atoms with E-state index in [0.717, 1.165) is 74.9 Å². The number of nitrogens with two attached hydrogens (primary N) is 1. The number of nitrogens with zero attached hydrogens (tertiary/aromatic N) is 2. The largest absolute Gasteiger partial charge is 0.496 e. The predicted molar refractivity (Wildman–Crippen MR) is 177 cm³/mol. The van der Waals surface area contributed by atoms with Gasteiger partial charge >= 0.3 is 0 Å². The highest BCUT2D eigenvalue weighted by molar-refractivity contribution is 7.15. The molecule has 0 unspecified atom stereocenters. The second-order valence-corrected chi connectivity index (χ2v) is 14.2. The van der Waals surface area contributed by atoms with E-state index < -0.39 is 0 Å². The van der Waals surface area contributed by atoms with Crippen molar-refractivity contribution in [1.29, 1.82) is 0 Å². The lowest BCUT2D eigenvalue weighted by Crippen LogP contribution is -2.45. The van der Waals surface area contributed by atoms with E-state index in [1.807, 2.05) is 6.20 Å². The summed E-state index contributed by atoms with van der Waals surface area (Å²) >= 11 is 1.79. The molecule has 2 aromatic carbocycles. The van der Waals surface area contributed by atoms with Crippen LogP contribution in [0.4, 0.5) is 5.69 Å². The van der Waals surface area contributed by atoms with Crippen molar-refractivity contribution in [3.8, 4) is 16.2 Å². The molecule has 0 bridgehead atoms. The van der Waals surface area contributed by atoms with Gasteiger partial charge in [-0.05, 0) is 118 Å². The number of amides is 2. The third kappa shape index (κ3) is 7.18. The quantitative estimate of drug-likeness (QED) is 0.258. The Kier molecular flexibility index (Phi) is 9.67. The molecule has 3 aromatic rings. The van der Waals surface area contributed by atoms with E-state index in [1.54, 1.807) is 18.4 Å². The van der Waals surface area contributed by atoms with Gasteiger partial charge in [-0.2, -0.15) is 0 Å². The number of nitrogens with one attached hydrogen (secondary N) is 1. The number of carbonyl (C=O) groups is 2. The highest BCUT2D eigenvalue weighted by Crippen LogP contribution is 2.44. The Balaban J connectivity index is 1.17. The van der Waals surface area contributed by atoms with Gasteiger partial charge in [0.25, 0.3) is 0 Å². The molecule has 1 aromatic heterocycles. The number of carbonyl (C=O) groups excluding carboxylic acids is 2. The van der Waals surface area contributed by atoms with Crippen LogP contribution >= 0.6 is 11.3 Å². The Bertz CT molecular complexity index is 1450. The van der Waals surface area contributed by atoms with Gasteiger partial charge in [-0.3, -0.25) is 9.59 Å². The van der Waals surface area contributed by atoms with Crippen molar-refractivity contribution < 1.29 is 14.3 Å². The normalized spacial score (nSPS) is 23.6. The van der Waals surface area contributed by atoms with E-state index >= 15 is 0 Å². The third-order valence-corrected chi connectivity index (χ3v) is 11.2. The van der Waals surface area contributed by atoms with Crippen LogP contribution in [-0.2, 0) is 9.59 Å². The maximum Gasteiger partial charge on any atom is 0.233 e. The Morgan fingerprint density at radius 3 is 2.41 bits per heavy atom. The average Bonchev–Trinajstić information content (AvgIpc) is 3.79. The van der Waals surface area contributed by atoms with Gasteiger partial charge in [0.05, 0.1) is 23.5 Å². The zero-order chi connectivity index (χ0) is 30.6. The van der Waals surface area contributed by atoms with Crippen LogP contribution < -0.4 is 20.7 Å². The topological polar surface area (TPSA) is 97.5 Å². The number of thiazole rings is 1. The summed E-state index contributed by atoms with van der Waals surface area (Å²) in [5.41, 5.74) is 10.2. The maximum atomic E-state index is 14.3. The van der Waals surface area contributed by atoms with Gasteiger partial charge in [0.1, 0.15) is 5.75 Å². The predicted octanol–water partition coefficient (Wildman–Crippen LogP) is 6.95. The molecule has 0 radical (unpaired) electrons. The van der Waals surface area contributed by atoms with E-state index in [9.17, 15) is 9.59 Å². The summed E-state index contributed by atoms with van der Waals surface area (Å²) in [6.45, 7) is 2.87. The molecule has 1 heterocycles. The van der Waals surface area contributed by atoms with Crippen LogP contribution in [0, 0.1) is 18.8 Å². The van der Waals surface area contributed by atoms with Crippen LogP contribution in [0.15, 0.2) is 48.7 Å². The van der Waals surface area contributed by atoms with Crippen molar-refractivity contribution >= 4 is 28.8 Å². The molecule has 0 aliphatic heterocycles. The van der Waals surface area contributed by atoms with Gasteiger partial charge in [0.2, 0.25) is 11.8 Å². The minimum absolute atomic E-state index is 0.00516. The van der Waals surface area contributed by atoms with Crippen LogP contribution in [0.5, 0.6) is 5.75 Å². The first-order chi connectivity index (χ1) is 21.4. The number of ether oxygens (including phenoxy) is 1. The molecule has 3 saturated carbocycles. The Morgan fingerprint density at radius 2 is 1.73 bits per heavy atom. The lowest BCUT2D eigenvalue weighted by molar-refractivity contribution is -0.123. The summed E-state index contributed by atoms with van der Waals surface area (Å²) in [6.07, 6.45) is 12.2. The fraction of sp³-hybridized carbons (Fsp3) is 0.528. The summed E-state index contributed by atoms with van der Waals surface area (Å²) in [5, 5.41) is 4.26. The van der Waals surface area contributed by atoms with Gasteiger partial charge in [0.15, 0.2) is 0 Å². The first-order valence-electron chi connectivity index (χ1n) is 16.4. The minimum atomic E-state index is -0.119. The minimum Gasteiger partial charge on any atom is -0.496 e. The fourth-order valence-corrected chi connectivity index (χ4v) is 8.26. The number of hydrogen-bond donors (Lipinski definition) is 2. The maximum absolute atomic E-state index is 14.3. The van der Waals surface area contributed by atoms with Crippen molar-refractivity contribution in [1.82, 2.24) is 10.3 Å². The first-order valence-corrected chi connectivity index (χ1v) is 17.2. The fourth-order valence-electron chi connectivity index (χ4n) is 7.17. The van der Waals surface area contributed by atoms with Crippen LogP contribution in [0.3, 0.4) is 0 Å². The van der Waals surface area contributed by atoms with E-state index in [2.05, 4.69) is 59.6 Å². The highest BCUT2D eigenvalue weighted by atomic mass is 32.1. The molecule has 2 amide bonds. The van der Waals surface area contributed by atoms with Gasteiger partial charge in [-0.1, -0.05) is 24.3 Å². The van der Waals surface area contributed by atoms with Gasteiger partial charge in [-0.15, -0.1) is 11.3 Å². The third-order valence-electron chi connectivity index (χ3n) is 9.96. The van der Waals surface area contributed by atoms with Crippen molar-refractivity contribution in [3.05, 3.63) is 64.8 Å². The van der Waals surface area contributed by atoms with Crippen molar-refractivity contribution in [2.24, 2.45) is 17.6 Å². The van der Waals surface area contributed by atoms with Crippen LogP contribution in [-0.4, -0.2) is 43.0 Å². The molecule has 0 spiro atoms. The molecule has 6 rings (SSSR count). The SMILES string of the molecule is COc1ccc([C@H]2CC[C@H](CN(c3cccc(-c4cnc(C5CC5)s4)c3)C(=O)[C@H]3CC[C@H](NC(=O)CN)CC3)CC2)cc1C. The lowest BCUT2D eigenvalue weighted by Gasteiger charge is -2.36. The molecule has 3 N–H and O–H groups in total. The zero-order valence-corrected chi connectivity index (χ0v) is 26.9. The Hall–Kier alpha value is -3.23. The second kappa shape index (κ2) is 13.8. The molecular formula is C36H46N4O3S. The molecule has 234 valence electrons. The van der Waals surface area contributed by atoms with E-state index in [0.29, 0.717) is 17.8 Å². The van der Waals surface area contributed by atoms with E-state index in [-0.39, 0.29) is 30.3 Å². The number of rotatable bonds is 10. The Morgan fingerprint density at radius 1 is 0.977 bits per heavy atom. The standard InChI is InChI=1S/C36H46N4O3S/c1-23-18-28(14-17-32(23)43-2)25-8-6-24(7-9-25)22-40(36(42)27-12-15-30(16-13-27)39-34(41)20-37)31-5-3-4-29(19-31)33-21-38-35(44-33)26-10-11-26/h3-5,14,17-19,21,24-27,30H,6-13,15-16,20,22,37H2,1-2H3,(H,39,41)/t24-,25-,27-,30-. The molecule has 0 saturated heterocycles. The molecule has 3 aliphatic carbocycles. The van der Waals surface area contributed by atoms with Crippen molar-refractivity contribution in [2.45, 2.75) is 89.0 Å². The van der Waals surface area contributed by atoms with Gasteiger partial charge in [0, 0.05) is 36.3 Å². The molecule has 44 heavy (non-hydrogen) atoms. The molecule has 3 fully saturated rings. The highest BCUT2D eigenvalue weighted by Gasteiger charge is 2.33. The summed E-state index contributed by atoms with van der Waals surface area (Å²) in [5.74, 6) is 2.66. The lowest BCUT2D eigenvalue weighted by atomic mass is 9.78. The zero-order valence-electron chi connectivity index (χ0n) is 26.1.